The van der Waals surface area contributed by atoms with E-state index in [1.54, 1.807) is 7.11 Å². The molecule has 162 valence electrons. The molecule has 0 bridgehead atoms. The number of ether oxygens (including phenoxy) is 1. The summed E-state index contributed by atoms with van der Waals surface area (Å²) in [7, 11) is 1.68. The van der Waals surface area contributed by atoms with Gasteiger partial charge in [-0.2, -0.15) is 0 Å². The van der Waals surface area contributed by atoms with Crippen molar-refractivity contribution in [1.82, 2.24) is 19.9 Å². The molecule has 31 heavy (non-hydrogen) atoms. The summed E-state index contributed by atoms with van der Waals surface area (Å²) in [6, 6.07) is 12.0. The van der Waals surface area contributed by atoms with E-state index in [2.05, 4.69) is 28.3 Å². The maximum atomic E-state index is 12.6. The average molecular weight is 421 g/mol. The molecule has 0 aliphatic carbocycles. The van der Waals surface area contributed by atoms with Crippen molar-refractivity contribution in [1.29, 1.82) is 0 Å². The van der Waals surface area contributed by atoms with Crippen LogP contribution < -0.4 is 4.74 Å². The second kappa shape index (κ2) is 8.67. The highest BCUT2D eigenvalue weighted by molar-refractivity contribution is 5.91. The molecule has 1 atom stereocenters. The number of nitrogens with zero attached hydrogens (tertiary/aromatic N) is 4. The van der Waals surface area contributed by atoms with Crippen molar-refractivity contribution in [3.05, 3.63) is 53.5 Å². The van der Waals surface area contributed by atoms with Gasteiger partial charge in [0.1, 0.15) is 11.3 Å². The van der Waals surface area contributed by atoms with E-state index >= 15 is 0 Å². The first-order valence-corrected chi connectivity index (χ1v) is 11.1. The smallest absolute Gasteiger partial charge is 0.292 e. The van der Waals surface area contributed by atoms with Crippen LogP contribution in [0, 0.1) is 0 Å². The van der Waals surface area contributed by atoms with Gasteiger partial charge in [0.2, 0.25) is 5.76 Å². The summed E-state index contributed by atoms with van der Waals surface area (Å²) in [4.78, 5) is 21.7. The van der Waals surface area contributed by atoms with Crippen molar-refractivity contribution in [2.24, 2.45) is 0 Å². The minimum atomic E-state index is -0.0294. The number of amides is 1. The largest absolute Gasteiger partial charge is 0.494 e. The van der Waals surface area contributed by atoms with Gasteiger partial charge in [-0.15, -0.1) is 0 Å². The summed E-state index contributed by atoms with van der Waals surface area (Å²) < 4.78 is 10.9. The van der Waals surface area contributed by atoms with Crippen LogP contribution in [0.25, 0.3) is 10.9 Å². The zero-order valence-corrected chi connectivity index (χ0v) is 17.9. The third-order valence-electron chi connectivity index (χ3n) is 6.40. The number of piperidine rings is 1. The number of benzene rings is 1. The van der Waals surface area contributed by atoms with Crippen LogP contribution in [0.1, 0.15) is 53.5 Å². The van der Waals surface area contributed by atoms with Crippen LogP contribution >= 0.6 is 0 Å². The van der Waals surface area contributed by atoms with Crippen molar-refractivity contribution in [2.75, 3.05) is 33.3 Å². The molecule has 0 saturated carbocycles. The molecule has 0 radical (unpaired) electrons. The van der Waals surface area contributed by atoms with Crippen LogP contribution in [-0.4, -0.2) is 59.1 Å². The Kier molecular flexibility index (Phi) is 5.59. The van der Waals surface area contributed by atoms with Crippen molar-refractivity contribution in [3.8, 4) is 5.75 Å². The molecule has 7 heteroatoms. The Labute approximate surface area is 182 Å². The van der Waals surface area contributed by atoms with Crippen molar-refractivity contribution >= 4 is 16.8 Å². The quantitative estimate of drug-likeness (QED) is 0.624. The number of hydrogen-bond acceptors (Lipinski definition) is 6. The number of rotatable bonds is 5. The van der Waals surface area contributed by atoms with Gasteiger partial charge in [-0.25, -0.2) is 4.98 Å². The predicted octanol–water partition coefficient (Wildman–Crippen LogP) is 3.85. The molecule has 4 heterocycles. The molecule has 5 rings (SSSR count). The van der Waals surface area contributed by atoms with Crippen LogP contribution in [0.5, 0.6) is 5.75 Å². The number of carbonyl (C=O) groups is 1. The maximum Gasteiger partial charge on any atom is 0.292 e. The maximum absolute atomic E-state index is 12.6. The number of para-hydroxylation sites is 1. The molecule has 0 spiro atoms. The summed E-state index contributed by atoms with van der Waals surface area (Å²) in [5, 5.41) is 5.34. The number of hydrogen-bond donors (Lipinski definition) is 0. The van der Waals surface area contributed by atoms with E-state index in [0.29, 0.717) is 5.76 Å². The summed E-state index contributed by atoms with van der Waals surface area (Å²) >= 11 is 0. The van der Waals surface area contributed by atoms with Crippen LogP contribution in [-0.2, 0) is 6.54 Å². The Morgan fingerprint density at radius 2 is 2.03 bits per heavy atom. The fourth-order valence-electron chi connectivity index (χ4n) is 4.74. The predicted molar refractivity (Wildman–Crippen MR) is 117 cm³/mol. The lowest BCUT2D eigenvalue weighted by molar-refractivity contribution is 0.0751. The highest BCUT2D eigenvalue weighted by Gasteiger charge is 2.28. The van der Waals surface area contributed by atoms with Gasteiger partial charge in [-0.05, 0) is 44.4 Å². The molecule has 7 nitrogen and oxygen atoms in total. The first-order chi connectivity index (χ1) is 15.2. The number of fused-ring (bicyclic) bond motifs is 1. The van der Waals surface area contributed by atoms with Gasteiger partial charge in [0.15, 0.2) is 0 Å². The van der Waals surface area contributed by atoms with Crippen LogP contribution in [0.4, 0.5) is 0 Å². The molecule has 3 aromatic rings. The van der Waals surface area contributed by atoms with E-state index in [-0.39, 0.29) is 11.8 Å². The molecule has 2 aliphatic heterocycles. The van der Waals surface area contributed by atoms with E-state index in [0.717, 1.165) is 86.4 Å². The van der Waals surface area contributed by atoms with E-state index in [4.69, 9.17) is 14.2 Å². The third kappa shape index (κ3) is 4.14. The number of pyridine rings is 1. The Morgan fingerprint density at radius 3 is 2.87 bits per heavy atom. The molecule has 2 fully saturated rings. The summed E-state index contributed by atoms with van der Waals surface area (Å²) in [6.07, 6.45) is 4.28. The number of likely N-dealkylation sites (tertiary alicyclic amines) is 2. The van der Waals surface area contributed by atoms with E-state index in [1.165, 1.54) is 0 Å². The second-order valence-corrected chi connectivity index (χ2v) is 8.52. The lowest BCUT2D eigenvalue weighted by Crippen LogP contribution is -2.34. The van der Waals surface area contributed by atoms with E-state index in [9.17, 15) is 4.79 Å². The molecule has 0 N–H and O–H groups in total. The Morgan fingerprint density at radius 1 is 1.16 bits per heavy atom. The molecular weight excluding hydrogens is 392 g/mol. The fourth-order valence-corrected chi connectivity index (χ4v) is 4.74. The van der Waals surface area contributed by atoms with Crippen molar-refractivity contribution < 1.29 is 14.1 Å². The SMILES string of the molecule is COc1cccc2ccc(CN3CCCC(c4cc(C(=O)N5CCCC5)on4)C3)nc12. The van der Waals surface area contributed by atoms with Gasteiger partial charge in [0.25, 0.3) is 5.91 Å². The van der Waals surface area contributed by atoms with E-state index in [1.807, 2.05) is 23.1 Å². The molecular formula is C24H28N4O3. The van der Waals surface area contributed by atoms with Crippen LogP contribution in [0.2, 0.25) is 0 Å². The molecule has 2 saturated heterocycles. The summed E-state index contributed by atoms with van der Waals surface area (Å²) in [5.41, 5.74) is 2.82. The standard InChI is InChI=1S/C24H28N4O3/c1-30-21-8-4-6-17-9-10-19(25-23(17)21)16-27-11-5-7-18(15-27)20-14-22(31-26-20)24(29)28-12-2-3-13-28/h4,6,8-10,14,18H,2-3,5,7,11-13,15-16H2,1H3. The summed E-state index contributed by atoms with van der Waals surface area (Å²) in [5.74, 6) is 1.41. The highest BCUT2D eigenvalue weighted by atomic mass is 16.5. The lowest BCUT2D eigenvalue weighted by Gasteiger charge is -2.31. The van der Waals surface area contributed by atoms with Gasteiger partial charge >= 0.3 is 0 Å². The average Bonchev–Trinajstić information content (AvgIpc) is 3.51. The second-order valence-electron chi connectivity index (χ2n) is 8.52. The normalized spacial score (nSPS) is 19.8. The Bertz CT molecular complexity index is 1070. The Balaban J connectivity index is 1.28. The van der Waals surface area contributed by atoms with Gasteiger partial charge in [0.05, 0.1) is 18.5 Å². The van der Waals surface area contributed by atoms with Crippen molar-refractivity contribution in [2.45, 2.75) is 38.1 Å². The van der Waals surface area contributed by atoms with Crippen molar-refractivity contribution in [3.63, 3.8) is 0 Å². The molecule has 2 aliphatic rings. The zero-order chi connectivity index (χ0) is 21.2. The third-order valence-corrected chi connectivity index (χ3v) is 6.40. The van der Waals surface area contributed by atoms with Gasteiger partial charge < -0.3 is 14.2 Å². The highest BCUT2D eigenvalue weighted by Crippen LogP contribution is 2.29. The van der Waals surface area contributed by atoms with Crippen LogP contribution in [0.15, 0.2) is 40.9 Å². The lowest BCUT2D eigenvalue weighted by atomic mass is 9.94. The first-order valence-electron chi connectivity index (χ1n) is 11.1. The molecule has 1 unspecified atom stereocenters. The van der Waals surface area contributed by atoms with Gasteiger partial charge in [-0.1, -0.05) is 23.4 Å². The molecule has 2 aromatic heterocycles. The Hall–Kier alpha value is -2.93. The monoisotopic (exact) mass is 420 g/mol. The first kappa shape index (κ1) is 20.0. The van der Waals surface area contributed by atoms with Gasteiger partial charge in [0, 0.05) is 43.5 Å². The number of aromatic nitrogens is 2. The van der Waals surface area contributed by atoms with Gasteiger partial charge in [-0.3, -0.25) is 9.69 Å². The number of methoxy groups -OCH3 is 1. The topological polar surface area (TPSA) is 71.7 Å². The summed E-state index contributed by atoms with van der Waals surface area (Å²) in [6.45, 7) is 4.32. The molecule has 1 aromatic carbocycles. The minimum absolute atomic E-state index is 0.0294. The van der Waals surface area contributed by atoms with Crippen LogP contribution in [0.3, 0.4) is 0 Å². The zero-order valence-electron chi connectivity index (χ0n) is 17.9. The van der Waals surface area contributed by atoms with E-state index < -0.39 is 0 Å². The number of carbonyl (C=O) groups excluding carboxylic acids is 1. The fraction of sp³-hybridized carbons (Fsp3) is 0.458. The molecule has 1 amide bonds. The minimum Gasteiger partial charge on any atom is -0.494 e.